The van der Waals surface area contributed by atoms with Crippen molar-refractivity contribution in [2.24, 2.45) is 0 Å². The Kier molecular flexibility index (Phi) is 4.76. The fourth-order valence-corrected chi connectivity index (χ4v) is 3.57. The summed E-state index contributed by atoms with van der Waals surface area (Å²) in [5.74, 6) is 0.817. The van der Waals surface area contributed by atoms with Gasteiger partial charge in [-0.25, -0.2) is 4.68 Å². The van der Waals surface area contributed by atoms with Gasteiger partial charge in [-0.3, -0.25) is 9.78 Å². The lowest BCUT2D eigenvalue weighted by Gasteiger charge is -2.31. The highest BCUT2D eigenvalue weighted by Gasteiger charge is 2.26. The average molecular weight is 401 g/mol. The van der Waals surface area contributed by atoms with Gasteiger partial charge >= 0.3 is 0 Å². The second-order valence-corrected chi connectivity index (χ2v) is 7.11. The lowest BCUT2D eigenvalue weighted by atomic mass is 10.0. The van der Waals surface area contributed by atoms with E-state index in [0.29, 0.717) is 36.2 Å². The van der Waals surface area contributed by atoms with E-state index in [4.69, 9.17) is 4.52 Å². The van der Waals surface area contributed by atoms with Crippen LogP contribution in [0.1, 0.15) is 29.4 Å². The van der Waals surface area contributed by atoms with Crippen molar-refractivity contribution in [2.45, 2.75) is 18.9 Å². The number of likely N-dealkylation sites (tertiary alicyclic amines) is 1. The molecule has 0 bridgehead atoms. The molecule has 1 aliphatic heterocycles. The van der Waals surface area contributed by atoms with Crippen LogP contribution in [0.2, 0.25) is 0 Å². The zero-order chi connectivity index (χ0) is 20.3. The number of pyridine rings is 1. The summed E-state index contributed by atoms with van der Waals surface area (Å²) in [4.78, 5) is 23.0. The largest absolute Gasteiger partial charge is 0.337 e. The number of nitrogens with zero attached hydrogens (tertiary/aromatic N) is 7. The van der Waals surface area contributed by atoms with Gasteiger partial charge in [0.05, 0.1) is 12.2 Å². The van der Waals surface area contributed by atoms with Gasteiger partial charge in [0.2, 0.25) is 5.82 Å². The molecule has 0 N–H and O–H groups in total. The maximum Gasteiger partial charge on any atom is 0.280 e. The first-order chi connectivity index (χ1) is 14.8. The zero-order valence-electron chi connectivity index (χ0n) is 16.1. The van der Waals surface area contributed by atoms with Crippen molar-refractivity contribution < 1.29 is 9.32 Å². The number of aromatic nitrogens is 6. The molecular formula is C21H19N7O2. The molecule has 4 aromatic rings. The highest BCUT2D eigenvalue weighted by atomic mass is 16.5. The average Bonchev–Trinajstić information content (AvgIpc) is 3.50. The molecule has 9 heteroatoms. The van der Waals surface area contributed by atoms with Crippen molar-refractivity contribution in [3.63, 3.8) is 0 Å². The minimum atomic E-state index is -0.0346. The molecule has 1 aromatic carbocycles. The normalized spacial score (nSPS) is 14.7. The van der Waals surface area contributed by atoms with Crippen molar-refractivity contribution >= 4 is 5.91 Å². The van der Waals surface area contributed by atoms with Crippen LogP contribution in [0.5, 0.6) is 0 Å². The van der Waals surface area contributed by atoms with E-state index in [-0.39, 0.29) is 11.9 Å². The summed E-state index contributed by atoms with van der Waals surface area (Å²) >= 11 is 0. The molecule has 1 saturated heterocycles. The van der Waals surface area contributed by atoms with E-state index in [9.17, 15) is 4.79 Å². The van der Waals surface area contributed by atoms with Crippen molar-refractivity contribution in [2.75, 3.05) is 13.1 Å². The van der Waals surface area contributed by atoms with E-state index >= 15 is 0 Å². The number of hydrogen-bond acceptors (Lipinski definition) is 7. The Balaban J connectivity index is 1.25. The molecule has 3 aromatic heterocycles. The number of piperidine rings is 1. The van der Waals surface area contributed by atoms with Gasteiger partial charge in [0, 0.05) is 24.8 Å². The first kappa shape index (κ1) is 18.2. The summed E-state index contributed by atoms with van der Waals surface area (Å²) in [6, 6.07) is 15.2. The highest BCUT2D eigenvalue weighted by molar-refractivity contribution is 5.92. The van der Waals surface area contributed by atoms with Gasteiger partial charge in [-0.15, -0.1) is 5.10 Å². The second kappa shape index (κ2) is 7.86. The molecule has 30 heavy (non-hydrogen) atoms. The summed E-state index contributed by atoms with van der Waals surface area (Å²) in [6.07, 6.45) is 5.04. The number of hydrogen-bond donors (Lipinski definition) is 0. The molecule has 5 rings (SSSR count). The van der Waals surface area contributed by atoms with Crippen LogP contribution >= 0.6 is 0 Å². The Hall–Kier alpha value is -3.88. The minimum absolute atomic E-state index is 0.0346. The second-order valence-electron chi connectivity index (χ2n) is 7.11. The molecule has 1 amide bonds. The van der Waals surface area contributed by atoms with Gasteiger partial charge < -0.3 is 9.42 Å². The van der Waals surface area contributed by atoms with Crippen molar-refractivity contribution in [1.82, 2.24) is 35.0 Å². The third kappa shape index (κ3) is 3.57. The van der Waals surface area contributed by atoms with E-state index in [1.165, 1.54) is 0 Å². The van der Waals surface area contributed by atoms with Gasteiger partial charge in [-0.1, -0.05) is 46.8 Å². The topological polar surface area (TPSA) is 103 Å². The molecule has 1 fully saturated rings. The van der Waals surface area contributed by atoms with Crippen molar-refractivity contribution in [3.8, 4) is 23.0 Å². The number of carbonyl (C=O) groups excluding carboxylic acids is 1. The maximum atomic E-state index is 12.6. The van der Waals surface area contributed by atoms with Crippen molar-refractivity contribution in [1.29, 1.82) is 0 Å². The van der Waals surface area contributed by atoms with Gasteiger partial charge in [-0.05, 0) is 25.0 Å². The Bertz CT molecular complexity index is 1130. The van der Waals surface area contributed by atoms with Crippen LogP contribution in [0.3, 0.4) is 0 Å². The van der Waals surface area contributed by atoms with E-state index in [1.807, 2.05) is 52.2 Å². The summed E-state index contributed by atoms with van der Waals surface area (Å²) in [6.45, 7) is 1.29. The molecule has 150 valence electrons. The number of carbonyl (C=O) groups is 1. The molecule has 9 nitrogen and oxygen atoms in total. The van der Waals surface area contributed by atoms with Gasteiger partial charge in [0.25, 0.3) is 11.8 Å². The Morgan fingerprint density at radius 1 is 1.03 bits per heavy atom. The monoisotopic (exact) mass is 401 g/mol. The summed E-state index contributed by atoms with van der Waals surface area (Å²) in [5.41, 5.74) is 1.89. The Labute approximate surface area is 172 Å². The number of amides is 1. The molecule has 0 radical (unpaired) electrons. The van der Waals surface area contributed by atoms with Crippen LogP contribution in [0.4, 0.5) is 0 Å². The third-order valence-electron chi connectivity index (χ3n) is 5.20. The molecule has 0 unspecified atom stereocenters. The molecule has 4 heterocycles. The van der Waals surface area contributed by atoms with E-state index < -0.39 is 0 Å². The maximum absolute atomic E-state index is 12.6. The van der Waals surface area contributed by atoms with Crippen LogP contribution in [0.15, 0.2) is 65.4 Å². The summed E-state index contributed by atoms with van der Waals surface area (Å²) < 4.78 is 7.19. The zero-order valence-corrected chi connectivity index (χ0v) is 16.1. The molecule has 0 saturated carbocycles. The fraction of sp³-hybridized carbons (Fsp3) is 0.238. The third-order valence-corrected chi connectivity index (χ3v) is 5.20. The van der Waals surface area contributed by atoms with Crippen molar-refractivity contribution in [3.05, 3.63) is 66.6 Å². The molecule has 0 aliphatic carbocycles. The summed E-state index contributed by atoms with van der Waals surface area (Å²) in [5, 5.41) is 12.5. The molecular weight excluding hydrogens is 382 g/mol. The van der Waals surface area contributed by atoms with Crippen LogP contribution in [-0.2, 0) is 0 Å². The Morgan fingerprint density at radius 3 is 2.60 bits per heavy atom. The van der Waals surface area contributed by atoms with Crippen LogP contribution in [0.25, 0.3) is 23.0 Å². The standard InChI is InChI=1S/C21H19N7O2/c29-21(17-8-4-5-11-22-17)27-12-9-16(10-13-27)28-14-18(24-26-28)20-23-19(25-30-20)15-6-2-1-3-7-15/h1-8,11,14,16H,9-10,12-13H2. The predicted molar refractivity (Wildman–Crippen MR) is 107 cm³/mol. The smallest absolute Gasteiger partial charge is 0.280 e. The lowest BCUT2D eigenvalue weighted by Crippen LogP contribution is -2.39. The molecule has 1 aliphatic rings. The van der Waals surface area contributed by atoms with E-state index in [0.717, 1.165) is 18.4 Å². The van der Waals surface area contributed by atoms with Crippen LogP contribution in [0, 0.1) is 0 Å². The fourth-order valence-electron chi connectivity index (χ4n) is 3.57. The first-order valence-corrected chi connectivity index (χ1v) is 9.79. The Morgan fingerprint density at radius 2 is 1.83 bits per heavy atom. The van der Waals surface area contributed by atoms with Crippen LogP contribution in [-0.4, -0.2) is 54.0 Å². The minimum Gasteiger partial charge on any atom is -0.337 e. The predicted octanol–water partition coefficient (Wildman–Crippen LogP) is 2.87. The quantitative estimate of drug-likeness (QED) is 0.518. The lowest BCUT2D eigenvalue weighted by molar-refractivity contribution is 0.0683. The van der Waals surface area contributed by atoms with E-state index in [1.54, 1.807) is 18.3 Å². The summed E-state index contributed by atoms with van der Waals surface area (Å²) in [7, 11) is 0. The SMILES string of the molecule is O=C(c1ccccn1)N1CCC(n2cc(-c3nc(-c4ccccc4)no3)nn2)CC1. The first-order valence-electron chi connectivity index (χ1n) is 9.79. The van der Waals surface area contributed by atoms with Crippen LogP contribution < -0.4 is 0 Å². The molecule has 0 spiro atoms. The highest BCUT2D eigenvalue weighted by Crippen LogP contribution is 2.25. The number of benzene rings is 1. The van der Waals surface area contributed by atoms with Gasteiger partial charge in [-0.2, -0.15) is 4.98 Å². The van der Waals surface area contributed by atoms with E-state index in [2.05, 4.69) is 25.4 Å². The van der Waals surface area contributed by atoms with Gasteiger partial charge in [0.15, 0.2) is 5.69 Å². The number of rotatable bonds is 4. The van der Waals surface area contributed by atoms with Gasteiger partial charge in [0.1, 0.15) is 5.69 Å². The molecule has 0 atom stereocenters.